The Morgan fingerprint density at radius 2 is 1.91 bits per heavy atom. The molecule has 0 aromatic heterocycles. The molecule has 0 saturated carbocycles. The zero-order valence-corrected chi connectivity index (χ0v) is 13.6. The Kier molecular flexibility index (Phi) is 5.31. The molecule has 0 heterocycles. The van der Waals surface area contributed by atoms with Gasteiger partial charge >= 0.3 is 0 Å². The topological polar surface area (TPSA) is 70.0 Å². The van der Waals surface area contributed by atoms with Crippen molar-refractivity contribution in [3.63, 3.8) is 0 Å². The highest BCUT2D eigenvalue weighted by molar-refractivity contribution is 9.10. The Hall–Kier alpha value is -2.16. The molecule has 1 N–H and O–H groups in total. The summed E-state index contributed by atoms with van der Waals surface area (Å²) in [5.74, 6) is -0.780. The van der Waals surface area contributed by atoms with Gasteiger partial charge in [-0.05, 0) is 30.3 Å². The predicted molar refractivity (Wildman–Crippen MR) is 87.9 cm³/mol. The van der Waals surface area contributed by atoms with Crippen molar-refractivity contribution >= 4 is 44.9 Å². The van der Waals surface area contributed by atoms with Crippen molar-refractivity contribution in [3.05, 3.63) is 63.1 Å². The molecule has 0 fully saturated rings. The molecule has 4 nitrogen and oxygen atoms in total. The Balaban J connectivity index is 2.43. The van der Waals surface area contributed by atoms with Crippen LogP contribution in [0.5, 0.6) is 0 Å². The number of carbonyl (C=O) groups is 2. The molecule has 0 aliphatic carbocycles. The Labute approximate surface area is 140 Å². The highest BCUT2D eigenvalue weighted by Crippen LogP contribution is 2.26. The standard InChI is InChI=1S/C16H10BrClN2O2/c17-10-5-6-14(20-15(21)7-8-19)12(9-10)16(22)11-3-1-2-4-13(11)18/h1-6,9H,7H2,(H,20,21). The molecule has 0 radical (unpaired) electrons. The van der Waals surface area contributed by atoms with E-state index in [-0.39, 0.29) is 12.2 Å². The molecule has 0 aliphatic heterocycles. The SMILES string of the molecule is N#CCC(=O)Nc1ccc(Br)cc1C(=O)c1ccccc1Cl. The van der Waals surface area contributed by atoms with Crippen molar-refractivity contribution < 1.29 is 9.59 Å². The minimum Gasteiger partial charge on any atom is -0.325 e. The van der Waals surface area contributed by atoms with E-state index in [0.29, 0.717) is 26.3 Å². The summed E-state index contributed by atoms with van der Waals surface area (Å²) in [6.07, 6.45) is -0.282. The van der Waals surface area contributed by atoms with Gasteiger partial charge in [-0.3, -0.25) is 9.59 Å². The summed E-state index contributed by atoms with van der Waals surface area (Å²) < 4.78 is 0.696. The highest BCUT2D eigenvalue weighted by atomic mass is 79.9. The lowest BCUT2D eigenvalue weighted by Gasteiger charge is -2.11. The lowest BCUT2D eigenvalue weighted by molar-refractivity contribution is -0.115. The van der Waals surface area contributed by atoms with E-state index in [9.17, 15) is 9.59 Å². The van der Waals surface area contributed by atoms with E-state index in [0.717, 1.165) is 0 Å². The van der Waals surface area contributed by atoms with Crippen molar-refractivity contribution in [2.24, 2.45) is 0 Å². The first kappa shape index (κ1) is 16.2. The number of amides is 1. The maximum Gasteiger partial charge on any atom is 0.238 e. The first-order valence-electron chi connectivity index (χ1n) is 6.28. The molecule has 0 aliphatic rings. The van der Waals surface area contributed by atoms with Crippen LogP contribution in [0, 0.1) is 11.3 Å². The number of nitrogens with one attached hydrogen (secondary N) is 1. The third kappa shape index (κ3) is 3.73. The lowest BCUT2D eigenvalue weighted by atomic mass is 10.0. The van der Waals surface area contributed by atoms with Gasteiger partial charge in [0.2, 0.25) is 5.91 Å². The number of benzene rings is 2. The van der Waals surface area contributed by atoms with Crippen LogP contribution in [0.4, 0.5) is 5.69 Å². The molecule has 22 heavy (non-hydrogen) atoms. The normalized spacial score (nSPS) is 9.86. The largest absolute Gasteiger partial charge is 0.325 e. The number of nitrogens with zero attached hydrogens (tertiary/aromatic N) is 1. The quantitative estimate of drug-likeness (QED) is 0.812. The van der Waals surface area contributed by atoms with Crippen molar-refractivity contribution in [2.75, 3.05) is 5.32 Å². The van der Waals surface area contributed by atoms with E-state index in [1.165, 1.54) is 0 Å². The maximum atomic E-state index is 12.7. The number of carbonyl (C=O) groups excluding carboxylic acids is 2. The molecular formula is C16H10BrClN2O2. The van der Waals surface area contributed by atoms with Gasteiger partial charge in [-0.25, -0.2) is 0 Å². The van der Waals surface area contributed by atoms with Crippen LogP contribution >= 0.6 is 27.5 Å². The van der Waals surface area contributed by atoms with Gasteiger partial charge in [0, 0.05) is 15.6 Å². The van der Waals surface area contributed by atoms with Gasteiger partial charge in [0.15, 0.2) is 5.78 Å². The van der Waals surface area contributed by atoms with Crippen LogP contribution in [-0.4, -0.2) is 11.7 Å². The Morgan fingerprint density at radius 3 is 2.59 bits per heavy atom. The fraction of sp³-hybridized carbons (Fsp3) is 0.0625. The Bertz CT molecular complexity index is 784. The smallest absolute Gasteiger partial charge is 0.238 e. The molecule has 2 aromatic carbocycles. The van der Waals surface area contributed by atoms with E-state index < -0.39 is 5.91 Å². The number of anilines is 1. The van der Waals surface area contributed by atoms with Crippen molar-refractivity contribution in [3.8, 4) is 6.07 Å². The second-order valence-electron chi connectivity index (χ2n) is 4.38. The van der Waals surface area contributed by atoms with Gasteiger partial charge in [0.1, 0.15) is 6.42 Å². The number of ketones is 1. The van der Waals surface area contributed by atoms with Crippen molar-refractivity contribution in [2.45, 2.75) is 6.42 Å². The number of hydrogen-bond acceptors (Lipinski definition) is 3. The summed E-state index contributed by atoms with van der Waals surface area (Å²) in [6, 6.07) is 13.4. The van der Waals surface area contributed by atoms with Crippen molar-refractivity contribution in [1.29, 1.82) is 5.26 Å². The molecule has 0 bridgehead atoms. The number of halogens is 2. The summed E-state index contributed by atoms with van der Waals surface area (Å²) in [5.41, 5.74) is 0.986. The van der Waals surface area contributed by atoms with Gasteiger partial charge in [-0.15, -0.1) is 0 Å². The van der Waals surface area contributed by atoms with Crippen molar-refractivity contribution in [1.82, 2.24) is 0 Å². The summed E-state index contributed by atoms with van der Waals surface area (Å²) in [5, 5.41) is 11.4. The minimum atomic E-state index is -0.474. The average Bonchev–Trinajstić information content (AvgIpc) is 2.49. The first-order valence-corrected chi connectivity index (χ1v) is 7.45. The molecule has 0 atom stereocenters. The fourth-order valence-electron chi connectivity index (χ4n) is 1.87. The molecule has 110 valence electrons. The van der Waals surface area contributed by atoms with Gasteiger partial charge in [0.25, 0.3) is 0 Å². The van der Waals surface area contributed by atoms with E-state index in [2.05, 4.69) is 21.2 Å². The molecular weight excluding hydrogens is 368 g/mol. The second-order valence-corrected chi connectivity index (χ2v) is 5.70. The van der Waals surface area contributed by atoms with Crippen LogP contribution in [0.3, 0.4) is 0 Å². The fourth-order valence-corrected chi connectivity index (χ4v) is 2.45. The van der Waals surface area contributed by atoms with Crippen LogP contribution < -0.4 is 5.32 Å². The molecule has 0 spiro atoms. The molecule has 2 aromatic rings. The van der Waals surface area contributed by atoms with E-state index in [4.69, 9.17) is 16.9 Å². The zero-order valence-electron chi connectivity index (χ0n) is 11.3. The molecule has 1 amide bonds. The molecule has 0 saturated heterocycles. The zero-order chi connectivity index (χ0) is 16.1. The van der Waals surface area contributed by atoms with Crippen LogP contribution in [0.2, 0.25) is 5.02 Å². The number of rotatable bonds is 4. The van der Waals surface area contributed by atoms with Crippen LogP contribution in [-0.2, 0) is 4.79 Å². The number of nitriles is 1. The van der Waals surface area contributed by atoms with Gasteiger partial charge < -0.3 is 5.32 Å². The third-order valence-corrected chi connectivity index (χ3v) is 3.68. The summed E-state index contributed by atoms with van der Waals surface area (Å²) in [7, 11) is 0. The third-order valence-electron chi connectivity index (χ3n) is 2.86. The lowest BCUT2D eigenvalue weighted by Crippen LogP contribution is -2.14. The molecule has 0 unspecified atom stereocenters. The molecule has 6 heteroatoms. The van der Waals surface area contributed by atoms with Crippen LogP contribution in [0.25, 0.3) is 0 Å². The summed E-state index contributed by atoms with van der Waals surface area (Å²) in [6.45, 7) is 0. The summed E-state index contributed by atoms with van der Waals surface area (Å²) >= 11 is 9.36. The van der Waals surface area contributed by atoms with Crippen LogP contribution in [0.15, 0.2) is 46.9 Å². The first-order chi connectivity index (χ1) is 10.5. The van der Waals surface area contributed by atoms with Gasteiger partial charge in [-0.2, -0.15) is 5.26 Å². The minimum absolute atomic E-state index is 0.282. The van der Waals surface area contributed by atoms with Gasteiger partial charge in [-0.1, -0.05) is 39.7 Å². The Morgan fingerprint density at radius 1 is 1.18 bits per heavy atom. The van der Waals surface area contributed by atoms with E-state index in [1.807, 2.05) is 0 Å². The molecule has 2 rings (SSSR count). The van der Waals surface area contributed by atoms with E-state index in [1.54, 1.807) is 48.5 Å². The van der Waals surface area contributed by atoms with Gasteiger partial charge in [0.05, 0.1) is 16.8 Å². The second kappa shape index (κ2) is 7.21. The highest BCUT2D eigenvalue weighted by Gasteiger charge is 2.18. The maximum absolute atomic E-state index is 12.7. The number of hydrogen-bond donors (Lipinski definition) is 1. The predicted octanol–water partition coefficient (Wildman–Crippen LogP) is 4.19. The van der Waals surface area contributed by atoms with E-state index >= 15 is 0 Å². The van der Waals surface area contributed by atoms with Crippen LogP contribution in [0.1, 0.15) is 22.3 Å². The average molecular weight is 378 g/mol. The monoisotopic (exact) mass is 376 g/mol. The summed E-state index contributed by atoms with van der Waals surface area (Å²) in [4.78, 5) is 24.3.